The molecule has 168 valence electrons. The number of imide groups is 1. The van der Waals surface area contributed by atoms with Gasteiger partial charge in [-0.2, -0.15) is 0 Å². The number of urea groups is 1. The fourth-order valence-corrected chi connectivity index (χ4v) is 4.93. The number of benzene rings is 1. The number of nitrogens with one attached hydrogen (secondary N) is 2. The summed E-state index contributed by atoms with van der Waals surface area (Å²) in [6.45, 7) is 0.779. The molecule has 2 aliphatic heterocycles. The van der Waals surface area contributed by atoms with Crippen LogP contribution in [0.5, 0.6) is 11.5 Å². The van der Waals surface area contributed by atoms with Crippen LogP contribution in [0.1, 0.15) is 38.5 Å². The maximum absolute atomic E-state index is 12.5. The third-order valence-electron chi connectivity index (χ3n) is 6.46. The van der Waals surface area contributed by atoms with Crippen molar-refractivity contribution in [2.45, 2.75) is 44.6 Å². The molecule has 1 aromatic carbocycles. The molecule has 2 atom stereocenters. The van der Waals surface area contributed by atoms with Gasteiger partial charge in [0.05, 0.1) is 13.7 Å². The number of nitrogens with zero attached hydrogens (tertiary/aromatic N) is 1. The van der Waals surface area contributed by atoms with Gasteiger partial charge in [0.25, 0.3) is 0 Å². The Hall–Kier alpha value is -2.81. The summed E-state index contributed by atoms with van der Waals surface area (Å²) < 4.78 is 15.5. The minimum atomic E-state index is -0.637. The summed E-state index contributed by atoms with van der Waals surface area (Å²) in [5.41, 5.74) is 0.487. The fraction of sp³-hybridized carbons (Fsp3) is 0.591. The van der Waals surface area contributed by atoms with E-state index in [9.17, 15) is 14.4 Å². The van der Waals surface area contributed by atoms with Gasteiger partial charge in [0.1, 0.15) is 6.04 Å². The summed E-state index contributed by atoms with van der Waals surface area (Å²) in [6, 6.07) is 3.91. The second kappa shape index (κ2) is 9.55. The number of hydrogen-bond donors (Lipinski definition) is 2. The van der Waals surface area contributed by atoms with Crippen molar-refractivity contribution in [3.05, 3.63) is 18.2 Å². The molecule has 9 nitrogen and oxygen atoms in total. The normalized spacial score (nSPS) is 23.4. The summed E-state index contributed by atoms with van der Waals surface area (Å²) in [6.07, 6.45) is 6.78. The third-order valence-corrected chi connectivity index (χ3v) is 6.46. The molecule has 0 bridgehead atoms. The summed E-state index contributed by atoms with van der Waals surface area (Å²) in [4.78, 5) is 38.9. The van der Waals surface area contributed by atoms with E-state index < -0.39 is 18.0 Å². The van der Waals surface area contributed by atoms with Crippen molar-refractivity contribution in [1.29, 1.82) is 0 Å². The highest BCUT2D eigenvalue weighted by molar-refractivity contribution is 6.02. The number of esters is 1. The standard InChI is InChI=1S/C22H29N3O6/c1-29-21(27)17-9-15(14-5-3-2-4-6-14)11-25(17)12-20(26)24-22(28)23-16-7-8-18-19(10-16)31-13-30-18/h7-8,10,14-15,17H,2-6,9,11-13H2,1H3,(H2,23,24,26,28)/t15-,17+/m0/s1. The smallest absolute Gasteiger partial charge is 0.325 e. The van der Waals surface area contributed by atoms with Crippen LogP contribution in [0.25, 0.3) is 0 Å². The highest BCUT2D eigenvalue weighted by atomic mass is 16.7. The molecule has 0 aromatic heterocycles. The predicted octanol–water partition coefficient (Wildman–Crippen LogP) is 2.51. The Morgan fingerprint density at radius 2 is 1.87 bits per heavy atom. The van der Waals surface area contributed by atoms with Crippen LogP contribution >= 0.6 is 0 Å². The zero-order valence-corrected chi connectivity index (χ0v) is 17.7. The maximum atomic E-state index is 12.5. The van der Waals surface area contributed by atoms with E-state index in [2.05, 4.69) is 10.6 Å². The third kappa shape index (κ3) is 5.10. The van der Waals surface area contributed by atoms with E-state index in [1.165, 1.54) is 39.2 Å². The highest BCUT2D eigenvalue weighted by Crippen LogP contribution is 2.37. The lowest BCUT2D eigenvalue weighted by Gasteiger charge is -2.27. The van der Waals surface area contributed by atoms with Crippen LogP contribution in [-0.2, 0) is 14.3 Å². The molecule has 0 spiro atoms. The van der Waals surface area contributed by atoms with Crippen molar-refractivity contribution in [2.24, 2.45) is 11.8 Å². The van der Waals surface area contributed by atoms with E-state index in [4.69, 9.17) is 14.2 Å². The molecule has 2 heterocycles. The first-order valence-electron chi connectivity index (χ1n) is 10.9. The fourth-order valence-electron chi connectivity index (χ4n) is 4.93. The van der Waals surface area contributed by atoms with E-state index >= 15 is 0 Å². The molecule has 1 aromatic rings. The van der Waals surface area contributed by atoms with Crippen molar-refractivity contribution in [2.75, 3.05) is 32.3 Å². The van der Waals surface area contributed by atoms with Crippen LogP contribution in [-0.4, -0.2) is 55.8 Å². The van der Waals surface area contributed by atoms with Gasteiger partial charge in [0.15, 0.2) is 11.5 Å². The predicted molar refractivity (Wildman–Crippen MR) is 112 cm³/mol. The van der Waals surface area contributed by atoms with Crippen LogP contribution in [0.4, 0.5) is 10.5 Å². The Morgan fingerprint density at radius 3 is 2.65 bits per heavy atom. The van der Waals surface area contributed by atoms with E-state index in [1.807, 2.05) is 4.90 Å². The molecule has 3 aliphatic rings. The monoisotopic (exact) mass is 431 g/mol. The first-order valence-corrected chi connectivity index (χ1v) is 10.9. The Labute approximate surface area is 181 Å². The van der Waals surface area contributed by atoms with Gasteiger partial charge in [-0.15, -0.1) is 0 Å². The van der Waals surface area contributed by atoms with Gasteiger partial charge in [-0.25, -0.2) is 4.79 Å². The zero-order chi connectivity index (χ0) is 21.8. The van der Waals surface area contributed by atoms with Gasteiger partial charge >= 0.3 is 12.0 Å². The van der Waals surface area contributed by atoms with Crippen LogP contribution in [0.15, 0.2) is 18.2 Å². The minimum Gasteiger partial charge on any atom is -0.468 e. The quantitative estimate of drug-likeness (QED) is 0.690. The number of rotatable bonds is 5. The lowest BCUT2D eigenvalue weighted by molar-refractivity contribution is -0.146. The molecule has 2 N–H and O–H groups in total. The number of ether oxygens (including phenoxy) is 3. The van der Waals surface area contributed by atoms with Crippen LogP contribution in [0.3, 0.4) is 0 Å². The molecule has 0 radical (unpaired) electrons. The number of anilines is 1. The van der Waals surface area contributed by atoms with E-state index in [-0.39, 0.29) is 19.3 Å². The van der Waals surface area contributed by atoms with Crippen molar-refractivity contribution < 1.29 is 28.6 Å². The molecular weight excluding hydrogens is 402 g/mol. The second-order valence-corrected chi connectivity index (χ2v) is 8.43. The molecule has 1 saturated heterocycles. The van der Waals surface area contributed by atoms with Gasteiger partial charge in [0.2, 0.25) is 12.7 Å². The van der Waals surface area contributed by atoms with Crippen LogP contribution in [0.2, 0.25) is 0 Å². The lowest BCUT2D eigenvalue weighted by Crippen LogP contribution is -2.45. The van der Waals surface area contributed by atoms with E-state index in [0.29, 0.717) is 42.0 Å². The second-order valence-electron chi connectivity index (χ2n) is 8.43. The van der Waals surface area contributed by atoms with Gasteiger partial charge < -0.3 is 19.5 Å². The molecular formula is C22H29N3O6. The van der Waals surface area contributed by atoms with Crippen LogP contribution in [0, 0.1) is 11.8 Å². The number of carbonyl (C=O) groups is 3. The van der Waals surface area contributed by atoms with E-state index in [0.717, 1.165) is 0 Å². The van der Waals surface area contributed by atoms with E-state index in [1.54, 1.807) is 18.2 Å². The molecule has 2 fully saturated rings. The lowest BCUT2D eigenvalue weighted by atomic mass is 9.79. The Balaban J connectivity index is 1.32. The molecule has 9 heteroatoms. The molecule has 1 saturated carbocycles. The number of carbonyl (C=O) groups excluding carboxylic acids is 3. The SMILES string of the molecule is COC(=O)[C@H]1C[C@H](C2CCCCC2)CN1CC(=O)NC(=O)Nc1ccc2c(c1)OCO2. The number of methoxy groups -OCH3 is 1. The van der Waals surface area contributed by atoms with Gasteiger partial charge in [-0.1, -0.05) is 32.1 Å². The van der Waals surface area contributed by atoms with Gasteiger partial charge in [0, 0.05) is 18.3 Å². The molecule has 0 unspecified atom stereocenters. The molecule has 4 rings (SSSR count). The zero-order valence-electron chi connectivity index (χ0n) is 17.7. The molecule has 3 amide bonds. The summed E-state index contributed by atoms with van der Waals surface area (Å²) in [5, 5.41) is 4.96. The number of likely N-dealkylation sites (tertiary alicyclic amines) is 1. The highest BCUT2D eigenvalue weighted by Gasteiger charge is 2.41. The summed E-state index contributed by atoms with van der Waals surface area (Å²) in [7, 11) is 1.37. The number of amides is 3. The van der Waals surface area contributed by atoms with Crippen molar-refractivity contribution in [3.63, 3.8) is 0 Å². The average molecular weight is 431 g/mol. The number of hydrogen-bond acceptors (Lipinski definition) is 7. The Morgan fingerprint density at radius 1 is 1.10 bits per heavy atom. The first kappa shape index (κ1) is 21.4. The minimum absolute atomic E-state index is 0.0302. The topological polar surface area (TPSA) is 106 Å². The maximum Gasteiger partial charge on any atom is 0.325 e. The van der Waals surface area contributed by atoms with Crippen molar-refractivity contribution in [3.8, 4) is 11.5 Å². The average Bonchev–Trinajstić information content (AvgIpc) is 3.40. The van der Waals surface area contributed by atoms with Gasteiger partial charge in [-0.3, -0.25) is 19.8 Å². The number of fused-ring (bicyclic) bond motifs is 1. The van der Waals surface area contributed by atoms with Crippen molar-refractivity contribution >= 4 is 23.6 Å². The Bertz CT molecular complexity index is 839. The van der Waals surface area contributed by atoms with Gasteiger partial charge in [-0.05, 0) is 30.4 Å². The summed E-state index contributed by atoms with van der Waals surface area (Å²) in [5.74, 6) is 1.32. The van der Waals surface area contributed by atoms with Crippen molar-refractivity contribution in [1.82, 2.24) is 10.2 Å². The Kier molecular flexibility index (Phi) is 6.60. The largest absolute Gasteiger partial charge is 0.468 e. The molecule has 1 aliphatic carbocycles. The molecule has 31 heavy (non-hydrogen) atoms. The summed E-state index contributed by atoms with van der Waals surface area (Å²) >= 11 is 0. The van der Waals surface area contributed by atoms with Crippen LogP contribution < -0.4 is 20.1 Å². The first-order chi connectivity index (χ1) is 15.0.